The fraction of sp³-hybridized carbons (Fsp3) is 0.619. The number of carbonyl (C=O) groups is 2. The number of hydrogen-bond donors (Lipinski definition) is 1. The second-order valence-electron chi connectivity index (χ2n) is 6.86. The predicted octanol–water partition coefficient (Wildman–Crippen LogP) is 4.27. The number of hydrogen-bond acceptors (Lipinski definition) is 3. The van der Waals surface area contributed by atoms with Crippen molar-refractivity contribution in [2.45, 2.75) is 71.8 Å². The van der Waals surface area contributed by atoms with E-state index in [1.165, 1.54) is 19.3 Å². The first kappa shape index (κ1) is 21.2. The van der Waals surface area contributed by atoms with Gasteiger partial charge in [0.05, 0.1) is 6.61 Å². The number of aryl methyl sites for hydroxylation is 1. The fourth-order valence-electron chi connectivity index (χ4n) is 2.61. The second-order valence-corrected chi connectivity index (χ2v) is 6.86. The Labute approximate surface area is 152 Å². The van der Waals surface area contributed by atoms with Gasteiger partial charge in [0, 0.05) is 6.42 Å². The molecule has 0 aliphatic carbocycles. The molecule has 1 amide bonds. The van der Waals surface area contributed by atoms with Gasteiger partial charge in [0.25, 0.3) is 0 Å². The van der Waals surface area contributed by atoms with Crippen LogP contribution in [0.25, 0.3) is 0 Å². The van der Waals surface area contributed by atoms with Crippen molar-refractivity contribution in [3.8, 4) is 0 Å². The number of unbranched alkanes of at least 4 members (excludes halogenated alkanes) is 4. The van der Waals surface area contributed by atoms with Gasteiger partial charge in [-0.05, 0) is 24.3 Å². The van der Waals surface area contributed by atoms with Crippen LogP contribution in [-0.2, 0) is 20.7 Å². The number of nitrogens with one attached hydrogen (secondary N) is 1. The zero-order valence-electron chi connectivity index (χ0n) is 15.9. The molecule has 0 aliphatic rings. The summed E-state index contributed by atoms with van der Waals surface area (Å²) in [6.45, 7) is 6.45. The number of rotatable bonds is 12. The second kappa shape index (κ2) is 12.5. The molecule has 0 saturated carbocycles. The third kappa shape index (κ3) is 9.28. The maximum atomic E-state index is 12.2. The van der Waals surface area contributed by atoms with E-state index < -0.39 is 6.04 Å². The summed E-state index contributed by atoms with van der Waals surface area (Å²) in [6.07, 6.45) is 6.61. The summed E-state index contributed by atoms with van der Waals surface area (Å²) in [7, 11) is 0. The minimum absolute atomic E-state index is 0.00765. The van der Waals surface area contributed by atoms with Crippen molar-refractivity contribution < 1.29 is 14.3 Å². The molecule has 1 aromatic carbocycles. The third-order valence-electron chi connectivity index (χ3n) is 4.21. The zero-order valence-corrected chi connectivity index (χ0v) is 15.9. The lowest BCUT2D eigenvalue weighted by atomic mass is 10.0. The summed E-state index contributed by atoms with van der Waals surface area (Å²) < 4.78 is 5.36. The molecule has 0 radical (unpaired) electrons. The van der Waals surface area contributed by atoms with Crippen LogP contribution in [0, 0.1) is 5.92 Å². The van der Waals surface area contributed by atoms with Gasteiger partial charge in [0.15, 0.2) is 0 Å². The van der Waals surface area contributed by atoms with Gasteiger partial charge in [0.2, 0.25) is 5.91 Å². The van der Waals surface area contributed by atoms with Crippen LogP contribution in [0.1, 0.15) is 64.9 Å². The van der Waals surface area contributed by atoms with Gasteiger partial charge in [-0.3, -0.25) is 4.79 Å². The predicted molar refractivity (Wildman–Crippen MR) is 101 cm³/mol. The monoisotopic (exact) mass is 347 g/mol. The molecule has 1 unspecified atom stereocenters. The van der Waals surface area contributed by atoms with E-state index in [0.717, 1.165) is 18.4 Å². The van der Waals surface area contributed by atoms with Crippen LogP contribution in [-0.4, -0.2) is 24.5 Å². The molecule has 0 spiro atoms. The van der Waals surface area contributed by atoms with Crippen molar-refractivity contribution in [3.63, 3.8) is 0 Å². The molecular weight excluding hydrogens is 314 g/mol. The largest absolute Gasteiger partial charge is 0.464 e. The van der Waals surface area contributed by atoms with Gasteiger partial charge >= 0.3 is 5.97 Å². The average molecular weight is 347 g/mol. The SMILES string of the molecule is CCCCCCCOC(=O)C(NC(=O)CCc1ccccc1)C(C)C. The Bertz CT molecular complexity index is 499. The maximum absolute atomic E-state index is 12.2. The molecule has 0 heterocycles. The molecule has 0 saturated heterocycles. The molecule has 0 fully saturated rings. The highest BCUT2D eigenvalue weighted by Gasteiger charge is 2.25. The topological polar surface area (TPSA) is 55.4 Å². The van der Waals surface area contributed by atoms with Crippen LogP contribution in [0.5, 0.6) is 0 Å². The van der Waals surface area contributed by atoms with Crippen molar-refractivity contribution >= 4 is 11.9 Å². The van der Waals surface area contributed by atoms with Crippen molar-refractivity contribution in [1.82, 2.24) is 5.32 Å². The highest BCUT2D eigenvalue weighted by molar-refractivity contribution is 5.84. The van der Waals surface area contributed by atoms with E-state index in [0.29, 0.717) is 19.4 Å². The van der Waals surface area contributed by atoms with E-state index in [9.17, 15) is 9.59 Å². The Kier molecular flexibility index (Phi) is 10.6. The summed E-state index contributed by atoms with van der Waals surface area (Å²) in [5.41, 5.74) is 1.12. The number of esters is 1. The Morgan fingerprint density at radius 1 is 1.04 bits per heavy atom. The number of amides is 1. The molecule has 0 bridgehead atoms. The number of benzene rings is 1. The first-order chi connectivity index (χ1) is 12.0. The Morgan fingerprint density at radius 3 is 2.36 bits per heavy atom. The Morgan fingerprint density at radius 2 is 1.72 bits per heavy atom. The Balaban J connectivity index is 2.34. The van der Waals surface area contributed by atoms with E-state index in [1.54, 1.807) is 0 Å². The van der Waals surface area contributed by atoms with E-state index in [4.69, 9.17) is 4.74 Å². The lowest BCUT2D eigenvalue weighted by molar-refractivity contribution is -0.149. The Hall–Kier alpha value is -1.84. The van der Waals surface area contributed by atoms with E-state index in [2.05, 4.69) is 12.2 Å². The molecule has 1 atom stereocenters. The van der Waals surface area contributed by atoms with Crippen molar-refractivity contribution in [3.05, 3.63) is 35.9 Å². The lowest BCUT2D eigenvalue weighted by Crippen LogP contribution is -2.45. The number of carbonyl (C=O) groups excluding carboxylic acids is 2. The van der Waals surface area contributed by atoms with Crippen LogP contribution < -0.4 is 5.32 Å². The zero-order chi connectivity index (χ0) is 18.5. The molecule has 4 nitrogen and oxygen atoms in total. The molecule has 1 rings (SSSR count). The molecule has 0 aliphatic heterocycles. The summed E-state index contributed by atoms with van der Waals surface area (Å²) in [5.74, 6) is -0.422. The quantitative estimate of drug-likeness (QED) is 0.454. The van der Waals surface area contributed by atoms with Crippen LogP contribution in [0.3, 0.4) is 0 Å². The van der Waals surface area contributed by atoms with Crippen molar-refractivity contribution in [1.29, 1.82) is 0 Å². The van der Waals surface area contributed by atoms with Gasteiger partial charge in [-0.1, -0.05) is 76.8 Å². The molecule has 25 heavy (non-hydrogen) atoms. The van der Waals surface area contributed by atoms with Crippen LogP contribution in [0.2, 0.25) is 0 Å². The highest BCUT2D eigenvalue weighted by Crippen LogP contribution is 2.08. The molecule has 0 aromatic heterocycles. The van der Waals surface area contributed by atoms with Crippen molar-refractivity contribution in [2.75, 3.05) is 6.61 Å². The van der Waals surface area contributed by atoms with Crippen LogP contribution in [0.4, 0.5) is 0 Å². The van der Waals surface area contributed by atoms with Crippen LogP contribution in [0.15, 0.2) is 30.3 Å². The van der Waals surface area contributed by atoms with Gasteiger partial charge in [-0.15, -0.1) is 0 Å². The summed E-state index contributed by atoms with van der Waals surface area (Å²) in [4.78, 5) is 24.4. The minimum atomic E-state index is -0.570. The molecule has 140 valence electrons. The molecule has 1 aromatic rings. The van der Waals surface area contributed by atoms with E-state index >= 15 is 0 Å². The number of ether oxygens (including phenoxy) is 1. The van der Waals surface area contributed by atoms with Crippen molar-refractivity contribution in [2.24, 2.45) is 5.92 Å². The van der Waals surface area contributed by atoms with E-state index in [-0.39, 0.29) is 17.8 Å². The summed E-state index contributed by atoms with van der Waals surface area (Å²) in [6, 6.07) is 9.31. The maximum Gasteiger partial charge on any atom is 0.328 e. The molecule has 1 N–H and O–H groups in total. The van der Waals surface area contributed by atoms with Gasteiger partial charge in [-0.2, -0.15) is 0 Å². The average Bonchev–Trinajstić information content (AvgIpc) is 2.61. The standard InChI is InChI=1S/C21H33NO3/c1-4-5-6-7-11-16-25-21(24)20(17(2)3)22-19(23)15-14-18-12-9-8-10-13-18/h8-10,12-13,17,20H,4-7,11,14-16H2,1-3H3,(H,22,23). The summed E-state index contributed by atoms with van der Waals surface area (Å²) >= 11 is 0. The first-order valence-electron chi connectivity index (χ1n) is 9.54. The lowest BCUT2D eigenvalue weighted by Gasteiger charge is -2.21. The third-order valence-corrected chi connectivity index (χ3v) is 4.21. The summed E-state index contributed by atoms with van der Waals surface area (Å²) in [5, 5.41) is 2.83. The van der Waals surface area contributed by atoms with Gasteiger partial charge < -0.3 is 10.1 Å². The van der Waals surface area contributed by atoms with Gasteiger partial charge in [-0.25, -0.2) is 4.79 Å². The van der Waals surface area contributed by atoms with E-state index in [1.807, 2.05) is 44.2 Å². The normalized spacial score (nSPS) is 12.0. The fourth-order valence-corrected chi connectivity index (χ4v) is 2.61. The first-order valence-corrected chi connectivity index (χ1v) is 9.54. The minimum Gasteiger partial charge on any atom is -0.464 e. The smallest absolute Gasteiger partial charge is 0.328 e. The highest BCUT2D eigenvalue weighted by atomic mass is 16.5. The van der Waals surface area contributed by atoms with Crippen LogP contribution >= 0.6 is 0 Å². The molecule has 4 heteroatoms. The molecular formula is C21H33NO3. The van der Waals surface area contributed by atoms with Gasteiger partial charge in [0.1, 0.15) is 6.04 Å².